The van der Waals surface area contributed by atoms with E-state index in [1.54, 1.807) is 0 Å². The zero-order valence-electron chi connectivity index (χ0n) is 15.6. The molecule has 0 rings (SSSR count). The highest BCUT2D eigenvalue weighted by atomic mass is 28.4. The van der Waals surface area contributed by atoms with Gasteiger partial charge in [-0.25, -0.2) is 0 Å². The molecule has 0 bridgehead atoms. The maximum atomic E-state index is 6.10. The normalized spacial score (nSPS) is 11.7. The molecule has 4 nitrogen and oxygen atoms in total. The highest BCUT2D eigenvalue weighted by molar-refractivity contribution is 6.67. The van der Waals surface area contributed by atoms with Crippen LogP contribution in [-0.4, -0.2) is 48.2 Å². The maximum Gasteiger partial charge on any atom is 0.338 e. The summed E-state index contributed by atoms with van der Waals surface area (Å²) in [6, 6.07) is 1.93. The third-order valence-corrected chi connectivity index (χ3v) is 7.06. The third kappa shape index (κ3) is 12.6. The molecule has 0 aliphatic rings. The van der Waals surface area contributed by atoms with Gasteiger partial charge in [-0.2, -0.15) is 0 Å². The van der Waals surface area contributed by atoms with Crippen molar-refractivity contribution in [3.63, 3.8) is 0 Å². The van der Waals surface area contributed by atoms with Gasteiger partial charge in [-0.15, -0.1) is 0 Å². The molecule has 0 saturated heterocycles. The molecule has 0 atom stereocenters. The predicted molar refractivity (Wildman–Crippen MR) is 99.1 cm³/mol. The fourth-order valence-electron chi connectivity index (χ4n) is 2.36. The van der Waals surface area contributed by atoms with E-state index in [-0.39, 0.29) is 0 Å². The summed E-state index contributed by atoms with van der Waals surface area (Å²) in [4.78, 5) is 0. The molecule has 0 heterocycles. The van der Waals surface area contributed by atoms with Crippen molar-refractivity contribution in [2.24, 2.45) is 0 Å². The van der Waals surface area contributed by atoms with Gasteiger partial charge in [-0.05, 0) is 52.6 Å². The minimum atomic E-state index is -2.15. The van der Waals surface area contributed by atoms with Crippen LogP contribution in [0.3, 0.4) is 0 Å². The first-order valence-electron chi connectivity index (χ1n) is 8.68. The zero-order chi connectivity index (χ0) is 17.6. The quantitative estimate of drug-likeness (QED) is 0.235. The second kappa shape index (κ2) is 13.9. The van der Waals surface area contributed by atoms with E-state index in [4.69, 9.17) is 18.3 Å². The molecule has 0 amide bonds. The molecular formula is C18H36O4Si. The summed E-state index contributed by atoms with van der Waals surface area (Å²) >= 11 is 0. The largest absolute Gasteiger partial charge is 0.394 e. The van der Waals surface area contributed by atoms with E-state index in [0.29, 0.717) is 26.4 Å². The molecule has 0 aliphatic heterocycles. The highest BCUT2D eigenvalue weighted by Crippen LogP contribution is 2.23. The molecule has 0 aliphatic carbocycles. The molecule has 0 unspecified atom stereocenters. The van der Waals surface area contributed by atoms with Crippen LogP contribution in [-0.2, 0) is 18.3 Å². The van der Waals surface area contributed by atoms with Crippen LogP contribution in [0.5, 0.6) is 0 Å². The molecule has 5 heteroatoms. The van der Waals surface area contributed by atoms with Crippen molar-refractivity contribution in [2.75, 3.05) is 39.6 Å². The zero-order valence-corrected chi connectivity index (χ0v) is 16.6. The third-order valence-electron chi connectivity index (χ3n) is 3.20. The van der Waals surface area contributed by atoms with Gasteiger partial charge in [0.2, 0.25) is 0 Å². The summed E-state index contributed by atoms with van der Waals surface area (Å²) in [6.07, 6.45) is 1.93. The van der Waals surface area contributed by atoms with Crippen LogP contribution in [0, 0.1) is 0 Å². The van der Waals surface area contributed by atoms with E-state index < -0.39 is 8.56 Å². The molecule has 0 spiro atoms. The van der Waals surface area contributed by atoms with E-state index in [0.717, 1.165) is 49.3 Å². The van der Waals surface area contributed by atoms with E-state index in [9.17, 15) is 0 Å². The Balaban J connectivity index is 4.26. The van der Waals surface area contributed by atoms with Gasteiger partial charge in [-0.3, -0.25) is 0 Å². The van der Waals surface area contributed by atoms with Crippen LogP contribution in [0.15, 0.2) is 24.3 Å². The van der Waals surface area contributed by atoms with Gasteiger partial charge in [0.1, 0.15) is 0 Å². The molecule has 0 aromatic carbocycles. The highest BCUT2D eigenvalue weighted by Gasteiger charge is 2.35. The van der Waals surface area contributed by atoms with Gasteiger partial charge >= 0.3 is 8.56 Å². The first kappa shape index (κ1) is 22.5. The van der Waals surface area contributed by atoms with E-state index in [2.05, 4.69) is 13.2 Å². The lowest BCUT2D eigenvalue weighted by molar-refractivity contribution is 0.138. The lowest BCUT2D eigenvalue weighted by atomic mass is 10.4. The van der Waals surface area contributed by atoms with Crippen molar-refractivity contribution < 1.29 is 18.3 Å². The molecule has 23 heavy (non-hydrogen) atoms. The Labute approximate surface area is 144 Å². The smallest absolute Gasteiger partial charge is 0.338 e. The average molecular weight is 345 g/mol. The Kier molecular flexibility index (Phi) is 13.6. The van der Waals surface area contributed by atoms with E-state index >= 15 is 0 Å². The number of hydrogen-bond acceptors (Lipinski definition) is 4. The summed E-state index contributed by atoms with van der Waals surface area (Å²) in [5.41, 5.74) is 2.11. The second-order valence-corrected chi connectivity index (χ2v) is 9.40. The van der Waals surface area contributed by atoms with Crippen LogP contribution < -0.4 is 0 Å². The Morgan fingerprint density at radius 3 is 1.48 bits per heavy atom. The minimum absolute atomic E-state index is 0.632. The fraction of sp³-hybridized carbons (Fsp3) is 0.778. The topological polar surface area (TPSA) is 36.9 Å². The van der Waals surface area contributed by atoms with Gasteiger partial charge in [0.15, 0.2) is 0 Å². The first-order chi connectivity index (χ1) is 11.0. The Hall–Kier alpha value is -0.463. The Morgan fingerprint density at radius 2 is 1.17 bits per heavy atom. The van der Waals surface area contributed by atoms with E-state index in [1.165, 1.54) is 0 Å². The predicted octanol–water partition coefficient (Wildman–Crippen LogP) is 4.47. The monoisotopic (exact) mass is 344 g/mol. The van der Waals surface area contributed by atoms with E-state index in [1.807, 2.05) is 27.7 Å². The fourth-order valence-corrected chi connectivity index (χ4v) is 5.69. The molecule has 0 N–H and O–H groups in total. The van der Waals surface area contributed by atoms with Crippen molar-refractivity contribution in [1.29, 1.82) is 0 Å². The standard InChI is InChI=1S/C18H36O4Si/c1-7-21-23(22-8-2,13-9-11-19-15-17(3)4)14-10-12-20-16-18(5)6/h3,5,7-16H2,1-2,4,6H3. The van der Waals surface area contributed by atoms with Crippen LogP contribution in [0.2, 0.25) is 12.1 Å². The SMILES string of the molecule is C=C(C)COCCC[Si](CCCOCC(=C)C)(OCC)OCC. The number of hydrogen-bond donors (Lipinski definition) is 0. The number of rotatable bonds is 16. The van der Waals surface area contributed by atoms with Crippen LogP contribution in [0.25, 0.3) is 0 Å². The van der Waals surface area contributed by atoms with Gasteiger partial charge < -0.3 is 18.3 Å². The molecule has 0 radical (unpaired) electrons. The molecule has 136 valence electrons. The second-order valence-electron chi connectivity index (χ2n) is 6.00. The molecular weight excluding hydrogens is 308 g/mol. The summed E-state index contributed by atoms with van der Waals surface area (Å²) < 4.78 is 23.4. The van der Waals surface area contributed by atoms with Gasteiger partial charge in [0, 0.05) is 26.4 Å². The van der Waals surface area contributed by atoms with Crippen LogP contribution in [0.4, 0.5) is 0 Å². The summed E-state index contributed by atoms with van der Waals surface area (Å²) in [6.45, 7) is 19.8. The first-order valence-corrected chi connectivity index (χ1v) is 10.9. The maximum absolute atomic E-state index is 6.10. The molecule has 0 aromatic heterocycles. The summed E-state index contributed by atoms with van der Waals surface area (Å²) in [5, 5.41) is 0. The van der Waals surface area contributed by atoms with Crippen molar-refractivity contribution in [3.8, 4) is 0 Å². The van der Waals surface area contributed by atoms with Crippen molar-refractivity contribution in [3.05, 3.63) is 24.3 Å². The van der Waals surface area contributed by atoms with Crippen molar-refractivity contribution in [2.45, 2.75) is 52.6 Å². The van der Waals surface area contributed by atoms with Gasteiger partial charge in [-0.1, -0.05) is 24.3 Å². The average Bonchev–Trinajstić information content (AvgIpc) is 2.46. The lowest BCUT2D eigenvalue weighted by Crippen LogP contribution is -2.42. The van der Waals surface area contributed by atoms with Gasteiger partial charge in [0.25, 0.3) is 0 Å². The van der Waals surface area contributed by atoms with Crippen LogP contribution in [0.1, 0.15) is 40.5 Å². The van der Waals surface area contributed by atoms with Gasteiger partial charge in [0.05, 0.1) is 13.2 Å². The number of ether oxygens (including phenoxy) is 2. The summed E-state index contributed by atoms with van der Waals surface area (Å²) in [5.74, 6) is 0. The summed E-state index contributed by atoms with van der Waals surface area (Å²) in [7, 11) is -2.15. The molecule has 0 aromatic rings. The molecule has 0 saturated carbocycles. The molecule has 0 fully saturated rings. The Bertz CT molecular complexity index is 299. The van der Waals surface area contributed by atoms with Crippen molar-refractivity contribution in [1.82, 2.24) is 0 Å². The minimum Gasteiger partial charge on any atom is -0.394 e. The van der Waals surface area contributed by atoms with Crippen molar-refractivity contribution >= 4 is 8.56 Å². The Morgan fingerprint density at radius 1 is 0.783 bits per heavy atom. The lowest BCUT2D eigenvalue weighted by Gasteiger charge is -2.30. The van der Waals surface area contributed by atoms with Crippen LogP contribution >= 0.6 is 0 Å².